The molecule has 16 heavy (non-hydrogen) atoms. The number of halogens is 1. The summed E-state index contributed by atoms with van der Waals surface area (Å²) < 4.78 is 2.25. The van der Waals surface area contributed by atoms with Gasteiger partial charge in [-0.1, -0.05) is 0 Å². The van der Waals surface area contributed by atoms with Crippen LogP contribution in [-0.2, 0) is 0 Å². The summed E-state index contributed by atoms with van der Waals surface area (Å²) >= 11 is 3.36. The molecule has 2 aromatic rings. The number of nitrogen functional groups attached to an aromatic ring is 1. The molecule has 2 rings (SSSR count). The molecule has 0 aliphatic rings. The molecular formula is C9H11BrN6. The molecule has 0 atom stereocenters. The van der Waals surface area contributed by atoms with E-state index in [1.54, 1.807) is 23.1 Å². The maximum atomic E-state index is 5.80. The lowest BCUT2D eigenvalue weighted by molar-refractivity contribution is 0.804. The van der Waals surface area contributed by atoms with Gasteiger partial charge < -0.3 is 10.6 Å². The van der Waals surface area contributed by atoms with Crippen LogP contribution in [0, 0.1) is 0 Å². The topological polar surface area (TPSA) is 72.9 Å². The maximum absolute atomic E-state index is 5.80. The van der Waals surface area contributed by atoms with E-state index >= 15 is 0 Å². The van der Waals surface area contributed by atoms with Gasteiger partial charge in [0.1, 0.15) is 16.1 Å². The summed E-state index contributed by atoms with van der Waals surface area (Å²) in [5, 5.41) is 4.06. The van der Waals surface area contributed by atoms with Crippen LogP contribution >= 0.6 is 15.9 Å². The predicted molar refractivity (Wildman–Crippen MR) is 65.6 cm³/mol. The van der Waals surface area contributed by atoms with Crippen molar-refractivity contribution < 1.29 is 0 Å². The molecule has 2 N–H and O–H groups in total. The highest BCUT2D eigenvalue weighted by atomic mass is 79.9. The fraction of sp³-hybridized carbons (Fsp3) is 0.222. The fourth-order valence-corrected chi connectivity index (χ4v) is 1.76. The van der Waals surface area contributed by atoms with Gasteiger partial charge in [0, 0.05) is 26.5 Å². The van der Waals surface area contributed by atoms with Crippen LogP contribution in [0.1, 0.15) is 0 Å². The van der Waals surface area contributed by atoms with Crippen LogP contribution < -0.4 is 10.6 Å². The Morgan fingerprint density at radius 1 is 1.38 bits per heavy atom. The van der Waals surface area contributed by atoms with E-state index in [4.69, 9.17) is 5.73 Å². The zero-order chi connectivity index (χ0) is 11.7. The van der Waals surface area contributed by atoms with Gasteiger partial charge >= 0.3 is 0 Å². The molecule has 2 heterocycles. The first-order valence-electron chi connectivity index (χ1n) is 4.60. The van der Waals surface area contributed by atoms with Crippen molar-refractivity contribution in [1.29, 1.82) is 0 Å². The van der Waals surface area contributed by atoms with Crippen LogP contribution in [0.5, 0.6) is 0 Å². The second-order valence-corrected chi connectivity index (χ2v) is 4.18. The molecule has 0 aromatic carbocycles. The van der Waals surface area contributed by atoms with Gasteiger partial charge in [0.2, 0.25) is 0 Å². The molecule has 2 aromatic heterocycles. The maximum Gasteiger partial charge on any atom is 0.254 e. The molecular weight excluding hydrogens is 272 g/mol. The van der Waals surface area contributed by atoms with Gasteiger partial charge in [-0.15, -0.1) is 0 Å². The lowest BCUT2D eigenvalue weighted by Gasteiger charge is -2.15. The second-order valence-electron chi connectivity index (χ2n) is 3.39. The lowest BCUT2D eigenvalue weighted by Crippen LogP contribution is -2.15. The molecule has 0 aliphatic heterocycles. The molecule has 0 fully saturated rings. The van der Waals surface area contributed by atoms with E-state index in [9.17, 15) is 0 Å². The summed E-state index contributed by atoms with van der Waals surface area (Å²) in [6.45, 7) is 0. The van der Waals surface area contributed by atoms with Crippen LogP contribution in [0.25, 0.3) is 5.95 Å². The van der Waals surface area contributed by atoms with E-state index in [-0.39, 0.29) is 0 Å². The minimum absolute atomic E-state index is 0.393. The minimum atomic E-state index is 0.393. The Morgan fingerprint density at radius 2 is 2.12 bits per heavy atom. The highest BCUT2D eigenvalue weighted by Gasteiger charge is 2.12. The van der Waals surface area contributed by atoms with Crippen molar-refractivity contribution in [3.8, 4) is 5.95 Å². The normalized spacial score (nSPS) is 10.4. The SMILES string of the molecule is CN(C)c1nc(-n2cccn2)nc(N)c1Br. The average molecular weight is 283 g/mol. The van der Waals surface area contributed by atoms with Gasteiger partial charge in [-0.3, -0.25) is 0 Å². The molecule has 0 saturated carbocycles. The number of hydrogen-bond acceptors (Lipinski definition) is 5. The molecule has 0 unspecified atom stereocenters. The summed E-state index contributed by atoms with van der Waals surface area (Å²) in [6, 6.07) is 1.80. The van der Waals surface area contributed by atoms with Crippen molar-refractivity contribution in [1.82, 2.24) is 19.7 Å². The Labute approximate surface area is 101 Å². The first-order valence-corrected chi connectivity index (χ1v) is 5.39. The molecule has 0 spiro atoms. The van der Waals surface area contributed by atoms with E-state index in [0.717, 1.165) is 5.82 Å². The average Bonchev–Trinajstić information content (AvgIpc) is 2.74. The summed E-state index contributed by atoms with van der Waals surface area (Å²) in [6.07, 6.45) is 3.43. The number of anilines is 2. The third-order valence-corrected chi connectivity index (χ3v) is 2.74. The molecule has 6 nitrogen and oxygen atoms in total. The zero-order valence-corrected chi connectivity index (χ0v) is 10.5. The molecule has 0 amide bonds. The molecule has 0 radical (unpaired) electrons. The molecule has 0 aliphatic carbocycles. The molecule has 0 saturated heterocycles. The number of hydrogen-bond donors (Lipinski definition) is 1. The van der Waals surface area contributed by atoms with Gasteiger partial charge in [-0.25, -0.2) is 4.68 Å². The Kier molecular flexibility index (Phi) is 2.78. The van der Waals surface area contributed by atoms with Gasteiger partial charge in [0.15, 0.2) is 0 Å². The monoisotopic (exact) mass is 282 g/mol. The second kappa shape index (κ2) is 4.09. The van der Waals surface area contributed by atoms with E-state index in [1.807, 2.05) is 19.0 Å². The zero-order valence-electron chi connectivity index (χ0n) is 8.92. The highest BCUT2D eigenvalue weighted by Crippen LogP contribution is 2.27. The van der Waals surface area contributed by atoms with E-state index < -0.39 is 0 Å². The Bertz CT molecular complexity index is 493. The number of rotatable bonds is 2. The quantitative estimate of drug-likeness (QED) is 0.892. The number of nitrogens with two attached hydrogens (primary N) is 1. The molecule has 84 valence electrons. The van der Waals surface area contributed by atoms with Gasteiger partial charge in [0.25, 0.3) is 5.95 Å². The first-order chi connectivity index (χ1) is 7.59. The summed E-state index contributed by atoms with van der Waals surface area (Å²) in [7, 11) is 3.78. The summed E-state index contributed by atoms with van der Waals surface area (Å²) in [5.41, 5.74) is 5.80. The van der Waals surface area contributed by atoms with Crippen molar-refractivity contribution in [2.45, 2.75) is 0 Å². The van der Waals surface area contributed by atoms with E-state index in [0.29, 0.717) is 16.2 Å². The van der Waals surface area contributed by atoms with E-state index in [2.05, 4.69) is 31.0 Å². The number of aromatic nitrogens is 4. The molecule has 7 heteroatoms. The van der Waals surface area contributed by atoms with Gasteiger partial charge in [-0.2, -0.15) is 15.1 Å². The highest BCUT2D eigenvalue weighted by molar-refractivity contribution is 9.10. The Morgan fingerprint density at radius 3 is 2.69 bits per heavy atom. The van der Waals surface area contributed by atoms with Crippen LogP contribution in [0.15, 0.2) is 22.9 Å². The standard InChI is InChI=1S/C9H11BrN6/c1-15(2)8-6(10)7(11)13-9(14-8)16-5-3-4-12-16/h3-5H,1-2H3,(H2,11,13,14). The van der Waals surface area contributed by atoms with Crippen molar-refractivity contribution in [2.75, 3.05) is 24.7 Å². The van der Waals surface area contributed by atoms with E-state index in [1.165, 1.54) is 0 Å². The predicted octanol–water partition coefficient (Wildman–Crippen LogP) is 1.07. The largest absolute Gasteiger partial charge is 0.383 e. The number of nitrogens with zero attached hydrogens (tertiary/aromatic N) is 5. The van der Waals surface area contributed by atoms with Crippen molar-refractivity contribution in [2.24, 2.45) is 0 Å². The third kappa shape index (κ3) is 1.85. The van der Waals surface area contributed by atoms with Crippen LogP contribution in [0.4, 0.5) is 11.6 Å². The molecule has 0 bridgehead atoms. The van der Waals surface area contributed by atoms with Crippen molar-refractivity contribution in [3.63, 3.8) is 0 Å². The smallest absolute Gasteiger partial charge is 0.254 e. The lowest BCUT2D eigenvalue weighted by atomic mass is 10.5. The summed E-state index contributed by atoms with van der Waals surface area (Å²) in [4.78, 5) is 10.4. The van der Waals surface area contributed by atoms with Crippen molar-refractivity contribution in [3.05, 3.63) is 22.9 Å². The Balaban J connectivity index is 2.57. The van der Waals surface area contributed by atoms with Gasteiger partial charge in [-0.05, 0) is 22.0 Å². The Hall–Kier alpha value is -1.63. The minimum Gasteiger partial charge on any atom is -0.383 e. The van der Waals surface area contributed by atoms with Gasteiger partial charge in [0.05, 0.1) is 0 Å². The van der Waals surface area contributed by atoms with Crippen molar-refractivity contribution >= 4 is 27.6 Å². The fourth-order valence-electron chi connectivity index (χ4n) is 1.23. The first kappa shape index (κ1) is 10.9. The van der Waals surface area contributed by atoms with Crippen LogP contribution in [0.2, 0.25) is 0 Å². The van der Waals surface area contributed by atoms with Crippen LogP contribution in [0.3, 0.4) is 0 Å². The third-order valence-electron chi connectivity index (χ3n) is 1.98. The summed E-state index contributed by atoms with van der Waals surface area (Å²) in [5.74, 6) is 1.57. The van der Waals surface area contributed by atoms with Crippen LogP contribution in [-0.4, -0.2) is 33.8 Å².